The van der Waals surface area contributed by atoms with Crippen molar-refractivity contribution in [1.82, 2.24) is 19.9 Å². The van der Waals surface area contributed by atoms with Gasteiger partial charge in [-0.3, -0.25) is 0 Å². The Bertz CT molecular complexity index is 2840. The van der Waals surface area contributed by atoms with E-state index in [0.717, 1.165) is 88.7 Å². The van der Waals surface area contributed by atoms with Gasteiger partial charge in [0.2, 0.25) is 0 Å². The fourth-order valence-corrected chi connectivity index (χ4v) is 7.17. The number of H-pyrrole nitrogens is 4. The summed E-state index contributed by atoms with van der Waals surface area (Å²) in [4.78, 5) is 15.3. The van der Waals surface area contributed by atoms with Crippen molar-refractivity contribution in [3.8, 4) is 22.3 Å². The highest BCUT2D eigenvalue weighted by molar-refractivity contribution is 5.85. The summed E-state index contributed by atoms with van der Waals surface area (Å²) in [7, 11) is 6.14. The lowest BCUT2D eigenvalue weighted by atomic mass is 9.99. The van der Waals surface area contributed by atoms with Crippen molar-refractivity contribution in [2.45, 2.75) is 6.92 Å². The normalized spacial score (nSPS) is 12.5. The number of fused-ring (bicyclic) bond motifs is 8. The maximum absolute atomic E-state index is 3.89. The Hall–Kier alpha value is -6.73. The number of nitrogens with one attached hydrogen (secondary N) is 4. The molecule has 0 saturated carbocycles. The van der Waals surface area contributed by atoms with Gasteiger partial charge in [0.05, 0.1) is 0 Å². The second-order valence-electron chi connectivity index (χ2n) is 13.8. The van der Waals surface area contributed by atoms with Crippen molar-refractivity contribution in [1.29, 1.82) is 0 Å². The number of pyridine rings is 3. The maximum atomic E-state index is 3.89. The monoisotopic (exact) mass is 678 g/mol. The van der Waals surface area contributed by atoms with Crippen molar-refractivity contribution in [3.63, 3.8) is 0 Å². The van der Waals surface area contributed by atoms with Crippen LogP contribution in [0.4, 0.5) is 0 Å². The minimum absolute atomic E-state index is 1.01. The molecule has 0 amide bonds. The fraction of sp³-hybridized carbons (Fsp3) is 0.0889. The second kappa shape index (κ2) is 12.5. The number of aryl methyl sites for hydroxylation is 4. The Morgan fingerprint density at radius 1 is 0.442 bits per heavy atom. The predicted molar refractivity (Wildman–Crippen MR) is 204 cm³/mol. The van der Waals surface area contributed by atoms with Gasteiger partial charge in [-0.25, -0.2) is 13.7 Å². The molecule has 7 nitrogen and oxygen atoms in total. The van der Waals surface area contributed by atoms with Crippen LogP contribution in [0, 0.1) is 6.92 Å². The van der Waals surface area contributed by atoms with Crippen LogP contribution in [-0.4, -0.2) is 19.9 Å². The van der Waals surface area contributed by atoms with Gasteiger partial charge in [-0.05, 0) is 77.7 Å². The van der Waals surface area contributed by atoms with Crippen LogP contribution in [-0.2, 0) is 21.1 Å². The summed E-state index contributed by atoms with van der Waals surface area (Å²) in [6.45, 7) is 2.13. The van der Waals surface area contributed by atoms with Crippen LogP contribution < -0.4 is 35.1 Å². The number of aromatic amines is 4. The zero-order chi connectivity index (χ0) is 35.3. The Kier molecular flexibility index (Phi) is 7.55. The van der Waals surface area contributed by atoms with Gasteiger partial charge in [0.1, 0.15) is 21.1 Å². The molecule has 0 fully saturated rings. The Morgan fingerprint density at radius 2 is 1.04 bits per heavy atom. The van der Waals surface area contributed by atoms with Crippen molar-refractivity contribution in [2.24, 2.45) is 21.1 Å². The molecule has 4 N–H and O–H groups in total. The van der Waals surface area contributed by atoms with Crippen LogP contribution in [0.1, 0.15) is 39.5 Å². The molecule has 0 aliphatic carbocycles. The summed E-state index contributed by atoms with van der Waals surface area (Å²) in [5, 5.41) is 4.10. The first-order valence-electron chi connectivity index (χ1n) is 17.6. The highest BCUT2D eigenvalue weighted by atomic mass is 14.9. The van der Waals surface area contributed by atoms with Gasteiger partial charge in [-0.1, -0.05) is 29.8 Å². The first-order valence-corrected chi connectivity index (χ1v) is 17.6. The Morgan fingerprint density at radius 3 is 1.71 bits per heavy atom. The fourth-order valence-electron chi connectivity index (χ4n) is 7.17. The minimum atomic E-state index is 1.01. The molecule has 8 bridgehead atoms. The van der Waals surface area contributed by atoms with Gasteiger partial charge in [-0.2, -0.15) is 0 Å². The van der Waals surface area contributed by atoms with Crippen LogP contribution >= 0.6 is 0 Å². The summed E-state index contributed by atoms with van der Waals surface area (Å²) in [5.74, 6) is 0. The number of benzene rings is 1. The highest BCUT2D eigenvalue weighted by Crippen LogP contribution is 2.30. The number of hydrogen-bond acceptors (Lipinski definition) is 0. The van der Waals surface area contributed by atoms with E-state index in [1.807, 2.05) is 21.1 Å². The van der Waals surface area contributed by atoms with Crippen LogP contribution in [0.15, 0.2) is 134 Å². The van der Waals surface area contributed by atoms with Gasteiger partial charge in [0, 0.05) is 103 Å². The zero-order valence-corrected chi connectivity index (χ0v) is 29.7. The molecular formula is C45H40N7+3. The molecule has 1 aliphatic rings. The number of aromatic nitrogens is 7. The van der Waals surface area contributed by atoms with Gasteiger partial charge >= 0.3 is 0 Å². The topological polar surface area (TPSA) is 74.8 Å². The molecule has 1 aromatic carbocycles. The molecule has 7 heteroatoms. The van der Waals surface area contributed by atoms with E-state index in [1.54, 1.807) is 0 Å². The third-order valence-electron chi connectivity index (χ3n) is 9.98. The van der Waals surface area contributed by atoms with Gasteiger partial charge < -0.3 is 19.9 Å². The highest BCUT2D eigenvalue weighted by Gasteiger charge is 2.18. The third-order valence-corrected chi connectivity index (χ3v) is 9.98. The van der Waals surface area contributed by atoms with Crippen LogP contribution in [0.25, 0.3) is 45.6 Å². The van der Waals surface area contributed by atoms with E-state index >= 15 is 0 Å². The molecule has 1 aliphatic heterocycles. The summed E-state index contributed by atoms with van der Waals surface area (Å²) in [6, 6.07) is 35.1. The third kappa shape index (κ3) is 5.82. The Labute approximate surface area is 301 Å². The number of hydrogen-bond donors (Lipinski definition) is 4. The average molecular weight is 679 g/mol. The molecular weight excluding hydrogens is 639 g/mol. The standard InChI is InChI=1S/C45H38N7/c1-29-5-7-32(8-6-29)45-42-27-36(30-13-19-50(2)20-14-30)40(48-42)25-34-9-11-38(46-34)44(33-17-23-52(4)24-18-33)39-12-10-35(47-39)26-41-37(28-43(45)49-41)31-15-21-51(3)22-16-31/h5-28H,1-4H3,(H2,46,47,48,49)/q+1/p+2. The molecule has 0 spiro atoms. The molecule has 0 unspecified atom stereocenters. The second-order valence-corrected chi connectivity index (χ2v) is 13.8. The van der Waals surface area contributed by atoms with Gasteiger partial charge in [-0.15, -0.1) is 0 Å². The van der Waals surface area contributed by atoms with E-state index in [9.17, 15) is 0 Å². The largest absolute Gasteiger partial charge is 0.355 e. The summed E-state index contributed by atoms with van der Waals surface area (Å²) >= 11 is 0. The average Bonchev–Trinajstić information content (AvgIpc) is 3.96. The number of nitrogens with zero attached hydrogens (tertiary/aromatic N) is 3. The molecule has 0 saturated heterocycles. The summed E-state index contributed by atoms with van der Waals surface area (Å²) in [6.07, 6.45) is 17.0. The quantitative estimate of drug-likeness (QED) is 0.206. The molecule has 8 aromatic rings. The molecule has 0 radical (unpaired) electrons. The molecule has 0 atom stereocenters. The molecule has 8 heterocycles. The predicted octanol–water partition coefficient (Wildman–Crippen LogP) is 3.58. The minimum Gasteiger partial charge on any atom is -0.355 e. The van der Waals surface area contributed by atoms with E-state index in [2.05, 4.69) is 187 Å². The number of rotatable bonds is 4. The van der Waals surface area contributed by atoms with Crippen molar-refractivity contribution < 1.29 is 13.7 Å². The molecule has 7 aromatic heterocycles. The van der Waals surface area contributed by atoms with Crippen LogP contribution in [0.2, 0.25) is 0 Å². The Balaban J connectivity index is 1.41. The lowest BCUT2D eigenvalue weighted by Crippen LogP contribution is -2.26. The van der Waals surface area contributed by atoms with E-state index in [4.69, 9.17) is 0 Å². The first kappa shape index (κ1) is 31.3. The maximum Gasteiger partial charge on any atom is 0.169 e. The SMILES string of the molecule is Cc1ccc(C2=c3cc(-c4cc[n+](C)cc4)c([nH]3)=Cc3ccc([nH]3)C(c3cc[n+](C)cc3)=c3ccc([nH]3)=Cc3[nH]c2cc3-c2cc[n+](C)cc2)cc1. The lowest BCUT2D eigenvalue weighted by molar-refractivity contribution is -0.671. The first-order chi connectivity index (χ1) is 25.3. The van der Waals surface area contributed by atoms with Gasteiger partial charge in [0.15, 0.2) is 37.2 Å². The van der Waals surface area contributed by atoms with Crippen LogP contribution in [0.3, 0.4) is 0 Å². The van der Waals surface area contributed by atoms with Crippen molar-refractivity contribution in [2.75, 3.05) is 0 Å². The molecule has 252 valence electrons. The van der Waals surface area contributed by atoms with E-state index < -0.39 is 0 Å². The molecule has 9 rings (SSSR count). The van der Waals surface area contributed by atoms with Crippen LogP contribution in [0.5, 0.6) is 0 Å². The summed E-state index contributed by atoms with van der Waals surface area (Å²) in [5.41, 5.74) is 14.3. The lowest BCUT2D eigenvalue weighted by Gasteiger charge is -2.06. The molecule has 52 heavy (non-hydrogen) atoms. The van der Waals surface area contributed by atoms with E-state index in [1.165, 1.54) is 5.56 Å². The van der Waals surface area contributed by atoms with E-state index in [-0.39, 0.29) is 0 Å². The van der Waals surface area contributed by atoms with Crippen molar-refractivity contribution >= 4 is 23.3 Å². The van der Waals surface area contributed by atoms with Gasteiger partial charge in [0.25, 0.3) is 0 Å². The van der Waals surface area contributed by atoms with E-state index in [0.29, 0.717) is 0 Å². The van der Waals surface area contributed by atoms with Crippen molar-refractivity contribution in [3.05, 3.63) is 195 Å². The zero-order valence-electron chi connectivity index (χ0n) is 29.7. The summed E-state index contributed by atoms with van der Waals surface area (Å²) < 4.78 is 6.20. The smallest absolute Gasteiger partial charge is 0.169 e.